The third kappa shape index (κ3) is 0.586. The highest BCUT2D eigenvalue weighted by Crippen LogP contribution is 2.67. The van der Waals surface area contributed by atoms with Crippen molar-refractivity contribution in [3.63, 3.8) is 0 Å². The first kappa shape index (κ1) is 7.07. The van der Waals surface area contributed by atoms with E-state index in [1.807, 2.05) is 0 Å². The van der Waals surface area contributed by atoms with Crippen LogP contribution < -0.4 is 0 Å². The average Bonchev–Trinajstić information content (AvgIpc) is 2.16. The molecule has 54 valence electrons. The first-order valence-electron chi connectivity index (χ1n) is 3.57. The fraction of sp³-hybridized carbons (Fsp3) is 1.00. The standard InChI is InChI=1S/C8H16O/c1-6-7(2,3)8(6,4)5-9/h6,9H,5H2,1-4H3. The lowest BCUT2D eigenvalue weighted by Crippen LogP contribution is -2.08. The van der Waals surface area contributed by atoms with Crippen LogP contribution in [0.3, 0.4) is 0 Å². The number of aliphatic hydroxyl groups excluding tert-OH is 1. The normalized spacial score (nSPS) is 47.0. The van der Waals surface area contributed by atoms with Gasteiger partial charge >= 0.3 is 0 Å². The quantitative estimate of drug-likeness (QED) is 0.569. The van der Waals surface area contributed by atoms with Gasteiger partial charge in [0.05, 0.1) is 0 Å². The van der Waals surface area contributed by atoms with E-state index in [2.05, 4.69) is 27.7 Å². The Morgan fingerprint density at radius 1 is 1.33 bits per heavy atom. The minimum Gasteiger partial charge on any atom is -0.396 e. The van der Waals surface area contributed by atoms with Crippen LogP contribution in [0, 0.1) is 16.7 Å². The van der Waals surface area contributed by atoms with Gasteiger partial charge in [0.15, 0.2) is 0 Å². The maximum atomic E-state index is 8.97. The number of rotatable bonds is 1. The molecule has 0 spiro atoms. The summed E-state index contributed by atoms with van der Waals surface area (Å²) >= 11 is 0. The molecule has 0 bridgehead atoms. The first-order valence-corrected chi connectivity index (χ1v) is 3.57. The van der Waals surface area contributed by atoms with Gasteiger partial charge in [0, 0.05) is 6.61 Å². The molecule has 2 atom stereocenters. The van der Waals surface area contributed by atoms with Crippen LogP contribution in [-0.2, 0) is 0 Å². The molecule has 2 unspecified atom stereocenters. The lowest BCUT2D eigenvalue weighted by atomic mass is 10.00. The van der Waals surface area contributed by atoms with Crippen LogP contribution in [0.1, 0.15) is 27.7 Å². The van der Waals surface area contributed by atoms with Crippen LogP contribution >= 0.6 is 0 Å². The highest BCUT2D eigenvalue weighted by molar-refractivity contribution is 5.12. The van der Waals surface area contributed by atoms with Crippen LogP contribution in [-0.4, -0.2) is 11.7 Å². The van der Waals surface area contributed by atoms with Gasteiger partial charge in [0.25, 0.3) is 0 Å². The molecule has 0 amide bonds. The largest absolute Gasteiger partial charge is 0.396 e. The fourth-order valence-electron chi connectivity index (χ4n) is 1.72. The van der Waals surface area contributed by atoms with E-state index in [4.69, 9.17) is 5.11 Å². The first-order chi connectivity index (χ1) is 3.97. The smallest absolute Gasteiger partial charge is 0.0492 e. The third-order valence-corrected chi connectivity index (χ3v) is 3.76. The summed E-state index contributed by atoms with van der Waals surface area (Å²) in [5.41, 5.74) is 0.564. The number of aliphatic hydroxyl groups is 1. The van der Waals surface area contributed by atoms with Gasteiger partial charge < -0.3 is 5.11 Å². The van der Waals surface area contributed by atoms with Gasteiger partial charge in [-0.15, -0.1) is 0 Å². The van der Waals surface area contributed by atoms with E-state index in [0.717, 1.165) is 0 Å². The molecule has 1 aliphatic carbocycles. The van der Waals surface area contributed by atoms with Crippen LogP contribution in [0.25, 0.3) is 0 Å². The molecule has 0 aromatic heterocycles. The Bertz CT molecular complexity index is 129. The summed E-state index contributed by atoms with van der Waals surface area (Å²) in [6, 6.07) is 0. The highest BCUT2D eigenvalue weighted by Gasteiger charge is 2.64. The molecule has 1 nitrogen and oxygen atoms in total. The second kappa shape index (κ2) is 1.51. The van der Waals surface area contributed by atoms with E-state index < -0.39 is 0 Å². The second-order valence-electron chi connectivity index (χ2n) is 4.02. The van der Waals surface area contributed by atoms with E-state index in [9.17, 15) is 0 Å². The predicted molar refractivity (Wildman–Crippen MR) is 38.1 cm³/mol. The Labute approximate surface area is 57.1 Å². The number of hydrogen-bond donors (Lipinski definition) is 1. The van der Waals surface area contributed by atoms with Crippen molar-refractivity contribution in [2.24, 2.45) is 16.7 Å². The zero-order valence-electron chi connectivity index (χ0n) is 6.73. The molecule has 1 N–H and O–H groups in total. The summed E-state index contributed by atoms with van der Waals surface area (Å²) < 4.78 is 0. The SMILES string of the molecule is CC1C(C)(C)C1(C)CO. The van der Waals surface area contributed by atoms with E-state index in [0.29, 0.717) is 17.9 Å². The molecule has 0 radical (unpaired) electrons. The maximum absolute atomic E-state index is 8.97. The van der Waals surface area contributed by atoms with Gasteiger partial charge in [-0.05, 0) is 16.7 Å². The Kier molecular flexibility index (Phi) is 1.19. The van der Waals surface area contributed by atoms with Gasteiger partial charge in [-0.1, -0.05) is 27.7 Å². The number of hydrogen-bond acceptors (Lipinski definition) is 1. The fourth-order valence-corrected chi connectivity index (χ4v) is 1.72. The topological polar surface area (TPSA) is 20.2 Å². The average molecular weight is 128 g/mol. The van der Waals surface area contributed by atoms with E-state index in [1.165, 1.54) is 0 Å². The van der Waals surface area contributed by atoms with Gasteiger partial charge in [-0.25, -0.2) is 0 Å². The van der Waals surface area contributed by atoms with Gasteiger partial charge in [0.2, 0.25) is 0 Å². The zero-order valence-corrected chi connectivity index (χ0v) is 6.73. The molecule has 0 aliphatic heterocycles. The summed E-state index contributed by atoms with van der Waals surface area (Å²) in [4.78, 5) is 0. The second-order valence-corrected chi connectivity index (χ2v) is 4.02. The highest BCUT2D eigenvalue weighted by atomic mass is 16.3. The summed E-state index contributed by atoms with van der Waals surface area (Å²) in [7, 11) is 0. The molecular weight excluding hydrogens is 112 g/mol. The summed E-state index contributed by atoms with van der Waals surface area (Å²) in [5, 5.41) is 8.97. The van der Waals surface area contributed by atoms with Crippen molar-refractivity contribution in [3.05, 3.63) is 0 Å². The van der Waals surface area contributed by atoms with Crippen LogP contribution in [0.4, 0.5) is 0 Å². The molecule has 1 fully saturated rings. The maximum Gasteiger partial charge on any atom is 0.0492 e. The molecule has 1 rings (SSSR count). The zero-order chi connectivity index (χ0) is 7.28. The molecule has 1 heteroatoms. The minimum atomic E-state index is 0.201. The molecule has 0 heterocycles. The molecule has 0 aromatic rings. The minimum absolute atomic E-state index is 0.201. The van der Waals surface area contributed by atoms with Crippen molar-refractivity contribution < 1.29 is 5.11 Å². The molecule has 0 aromatic carbocycles. The van der Waals surface area contributed by atoms with E-state index in [-0.39, 0.29) is 5.41 Å². The van der Waals surface area contributed by atoms with Gasteiger partial charge in [0.1, 0.15) is 0 Å². The molecule has 0 saturated heterocycles. The Balaban J connectivity index is 2.70. The monoisotopic (exact) mass is 128 g/mol. The molecular formula is C8H16O. The van der Waals surface area contributed by atoms with Crippen molar-refractivity contribution in [2.45, 2.75) is 27.7 Å². The molecule has 1 saturated carbocycles. The van der Waals surface area contributed by atoms with Crippen molar-refractivity contribution in [3.8, 4) is 0 Å². The van der Waals surface area contributed by atoms with Gasteiger partial charge in [-0.3, -0.25) is 0 Å². The summed E-state index contributed by atoms with van der Waals surface area (Å²) in [6.45, 7) is 9.12. The van der Waals surface area contributed by atoms with E-state index >= 15 is 0 Å². The Hall–Kier alpha value is -0.0400. The lowest BCUT2D eigenvalue weighted by Gasteiger charge is -2.08. The van der Waals surface area contributed by atoms with Crippen molar-refractivity contribution in [1.82, 2.24) is 0 Å². The molecule has 1 aliphatic rings. The van der Waals surface area contributed by atoms with Crippen molar-refractivity contribution in [1.29, 1.82) is 0 Å². The Morgan fingerprint density at radius 2 is 1.67 bits per heavy atom. The van der Waals surface area contributed by atoms with Crippen LogP contribution in [0.2, 0.25) is 0 Å². The van der Waals surface area contributed by atoms with Gasteiger partial charge in [-0.2, -0.15) is 0 Å². The lowest BCUT2D eigenvalue weighted by molar-refractivity contribution is 0.191. The predicted octanol–water partition coefficient (Wildman–Crippen LogP) is 1.66. The Morgan fingerprint density at radius 3 is 1.67 bits per heavy atom. The van der Waals surface area contributed by atoms with Crippen molar-refractivity contribution in [2.75, 3.05) is 6.61 Å². The van der Waals surface area contributed by atoms with Crippen LogP contribution in [0.15, 0.2) is 0 Å². The van der Waals surface area contributed by atoms with Crippen LogP contribution in [0.5, 0.6) is 0 Å². The van der Waals surface area contributed by atoms with E-state index in [1.54, 1.807) is 0 Å². The summed E-state index contributed by atoms with van der Waals surface area (Å²) in [5.74, 6) is 0.676. The third-order valence-electron chi connectivity index (χ3n) is 3.76. The van der Waals surface area contributed by atoms with Crippen molar-refractivity contribution >= 4 is 0 Å². The molecule has 9 heavy (non-hydrogen) atoms. The summed E-state index contributed by atoms with van der Waals surface area (Å²) in [6.07, 6.45) is 0.